The van der Waals surface area contributed by atoms with Crippen LogP contribution in [0.5, 0.6) is 0 Å². The summed E-state index contributed by atoms with van der Waals surface area (Å²) in [6, 6.07) is 11.1. The third kappa shape index (κ3) is 4.44. The lowest BCUT2D eigenvalue weighted by Gasteiger charge is -2.41. The van der Waals surface area contributed by atoms with Gasteiger partial charge in [-0.1, -0.05) is 23.7 Å². The summed E-state index contributed by atoms with van der Waals surface area (Å²) in [5.41, 5.74) is 4.25. The Morgan fingerprint density at radius 3 is 2.60 bits per heavy atom. The van der Waals surface area contributed by atoms with Gasteiger partial charge in [-0.2, -0.15) is 4.98 Å². The number of nitrogens with one attached hydrogen (secondary N) is 1. The molecule has 3 N–H and O–H groups in total. The van der Waals surface area contributed by atoms with Gasteiger partial charge in [-0.25, -0.2) is 9.78 Å². The van der Waals surface area contributed by atoms with Crippen molar-refractivity contribution in [3.8, 4) is 0 Å². The van der Waals surface area contributed by atoms with Crippen LogP contribution in [0.4, 0.5) is 33.6 Å². The maximum Gasteiger partial charge on any atom is 0.407 e. The number of para-hydroxylation sites is 1. The smallest absolute Gasteiger partial charge is 0.407 e. The van der Waals surface area contributed by atoms with Gasteiger partial charge in [0.1, 0.15) is 11.4 Å². The number of carboxylic acid groups (broad SMARTS) is 1. The maximum absolute atomic E-state index is 13.4. The highest BCUT2D eigenvalue weighted by Gasteiger charge is 2.43. The molecule has 2 unspecified atom stereocenters. The van der Waals surface area contributed by atoms with Gasteiger partial charge < -0.3 is 25.3 Å². The van der Waals surface area contributed by atoms with Crippen molar-refractivity contribution in [2.24, 2.45) is 0 Å². The summed E-state index contributed by atoms with van der Waals surface area (Å²) in [6.07, 6.45) is 2.35. The van der Waals surface area contributed by atoms with E-state index < -0.39 is 6.09 Å². The van der Waals surface area contributed by atoms with E-state index >= 15 is 0 Å². The average molecular weight is 564 g/mol. The zero-order valence-electron chi connectivity index (χ0n) is 22.2. The molecule has 3 aliphatic rings. The van der Waals surface area contributed by atoms with Gasteiger partial charge in [0.05, 0.1) is 36.1 Å². The van der Waals surface area contributed by atoms with Crippen LogP contribution in [0.15, 0.2) is 42.6 Å². The maximum atomic E-state index is 13.4. The van der Waals surface area contributed by atoms with E-state index in [9.17, 15) is 19.8 Å². The molecule has 0 spiro atoms. The van der Waals surface area contributed by atoms with E-state index in [1.807, 2.05) is 49.2 Å². The normalized spacial score (nSPS) is 20.1. The summed E-state index contributed by atoms with van der Waals surface area (Å²) in [5.74, 6) is 0.611. The molecule has 12 heteroatoms. The lowest BCUT2D eigenvalue weighted by Crippen LogP contribution is -2.55. The molecule has 4 heterocycles. The molecule has 2 aromatic carbocycles. The van der Waals surface area contributed by atoms with Crippen LogP contribution < -0.4 is 20.0 Å². The number of benzene rings is 2. The van der Waals surface area contributed by atoms with Gasteiger partial charge in [0.15, 0.2) is 0 Å². The summed E-state index contributed by atoms with van der Waals surface area (Å²) < 4.78 is 0. The minimum Gasteiger partial charge on any atom is -0.465 e. The molecule has 2 saturated heterocycles. The molecule has 2 bridgehead atoms. The number of aliphatic hydroxyl groups is 1. The molecule has 1 aromatic heterocycles. The van der Waals surface area contributed by atoms with Crippen molar-refractivity contribution in [2.45, 2.75) is 38.5 Å². The van der Waals surface area contributed by atoms with Crippen LogP contribution in [0.2, 0.25) is 5.02 Å². The Balaban J connectivity index is 1.22. The van der Waals surface area contributed by atoms with Gasteiger partial charge in [0, 0.05) is 43.3 Å². The van der Waals surface area contributed by atoms with Crippen molar-refractivity contribution in [1.82, 2.24) is 14.9 Å². The predicted octanol–water partition coefficient (Wildman–Crippen LogP) is 4.06. The van der Waals surface area contributed by atoms with E-state index in [1.165, 1.54) is 6.20 Å². The number of hydrogen-bond donors (Lipinski definition) is 3. The minimum absolute atomic E-state index is 0.0399. The summed E-state index contributed by atoms with van der Waals surface area (Å²) in [6.45, 7) is 3.23. The number of halogens is 1. The van der Waals surface area contributed by atoms with E-state index in [0.717, 1.165) is 29.7 Å². The minimum atomic E-state index is -0.863. The van der Waals surface area contributed by atoms with E-state index in [-0.39, 0.29) is 31.3 Å². The SMILES string of the molecule is Cc1cccc(Cl)c1N1CN(C)c2nc(Nc3ccc(N4CC5CCC(C4)N5C(=O)O)c(CO)c3)ncc2C1=O. The number of rotatable bonds is 5. The Kier molecular flexibility index (Phi) is 6.63. The standard InChI is InChI=1S/C28H30ClN7O4/c1-16-4-3-5-22(29)24(16)35-15-33(2)25-21(26(35)38)11-30-27(32-25)31-18-6-9-23(17(10-18)14-37)34-12-19-7-8-20(13-34)36(19)28(39)40/h3-6,9-11,19-20,37H,7-8,12-15H2,1-2H3,(H,39,40)(H,30,31,32). The molecule has 40 heavy (non-hydrogen) atoms. The fourth-order valence-corrected chi connectivity index (χ4v) is 6.46. The van der Waals surface area contributed by atoms with E-state index in [2.05, 4.69) is 20.2 Å². The fourth-order valence-electron chi connectivity index (χ4n) is 6.14. The Bertz CT molecular complexity index is 1470. The largest absolute Gasteiger partial charge is 0.465 e. The van der Waals surface area contributed by atoms with Crippen molar-refractivity contribution < 1.29 is 19.8 Å². The quantitative estimate of drug-likeness (QED) is 0.421. The van der Waals surface area contributed by atoms with Crippen LogP contribution >= 0.6 is 11.6 Å². The van der Waals surface area contributed by atoms with Crippen LogP contribution in [-0.4, -0.2) is 76.0 Å². The fraction of sp³-hybridized carbons (Fsp3) is 0.357. The number of anilines is 5. The summed E-state index contributed by atoms with van der Waals surface area (Å²) in [5, 5.41) is 23.4. The first-order valence-electron chi connectivity index (χ1n) is 13.2. The number of fused-ring (bicyclic) bond motifs is 3. The number of nitrogens with zero attached hydrogens (tertiary/aromatic N) is 6. The number of amides is 2. The van der Waals surface area contributed by atoms with E-state index in [4.69, 9.17) is 11.6 Å². The second-order valence-electron chi connectivity index (χ2n) is 10.5. The summed E-state index contributed by atoms with van der Waals surface area (Å²) >= 11 is 6.44. The molecule has 3 aliphatic heterocycles. The molecule has 0 radical (unpaired) electrons. The highest BCUT2D eigenvalue weighted by Crippen LogP contribution is 2.37. The summed E-state index contributed by atoms with van der Waals surface area (Å²) in [7, 11) is 1.86. The highest BCUT2D eigenvalue weighted by atomic mass is 35.5. The zero-order chi connectivity index (χ0) is 28.1. The lowest BCUT2D eigenvalue weighted by molar-refractivity contribution is 0.0981. The molecule has 11 nitrogen and oxygen atoms in total. The third-order valence-electron chi connectivity index (χ3n) is 7.97. The number of carbonyl (C=O) groups is 2. The van der Waals surface area contributed by atoms with Gasteiger partial charge in [0.2, 0.25) is 5.95 Å². The Morgan fingerprint density at radius 2 is 1.93 bits per heavy atom. The third-order valence-corrected chi connectivity index (χ3v) is 8.27. The van der Waals surface area contributed by atoms with Gasteiger partial charge in [-0.05, 0) is 49.6 Å². The molecule has 2 atom stereocenters. The van der Waals surface area contributed by atoms with Crippen molar-refractivity contribution in [2.75, 3.05) is 46.8 Å². The molecule has 2 fully saturated rings. The zero-order valence-corrected chi connectivity index (χ0v) is 23.0. The first kappa shape index (κ1) is 26.1. The van der Waals surface area contributed by atoms with Crippen LogP contribution in [0, 0.1) is 6.92 Å². The Labute approximate surface area is 236 Å². The van der Waals surface area contributed by atoms with Gasteiger partial charge in [0.25, 0.3) is 5.91 Å². The molecule has 3 aromatic rings. The molecule has 2 amide bonds. The monoisotopic (exact) mass is 563 g/mol. The van der Waals surface area contributed by atoms with Gasteiger partial charge in [-0.3, -0.25) is 14.6 Å². The molecule has 6 rings (SSSR count). The van der Waals surface area contributed by atoms with E-state index in [1.54, 1.807) is 15.9 Å². The lowest BCUT2D eigenvalue weighted by atomic mass is 10.1. The Hall–Kier alpha value is -4.09. The van der Waals surface area contributed by atoms with Crippen molar-refractivity contribution in [3.63, 3.8) is 0 Å². The van der Waals surface area contributed by atoms with Crippen molar-refractivity contribution >= 4 is 52.4 Å². The number of aryl methyl sites for hydroxylation is 1. The van der Waals surface area contributed by atoms with Crippen LogP contribution in [0.1, 0.15) is 34.3 Å². The van der Waals surface area contributed by atoms with Crippen LogP contribution in [-0.2, 0) is 6.61 Å². The topological polar surface area (TPSA) is 125 Å². The second kappa shape index (κ2) is 10.1. The molecular formula is C28H30ClN7O4. The first-order valence-corrected chi connectivity index (χ1v) is 13.5. The van der Waals surface area contributed by atoms with Gasteiger partial charge in [-0.15, -0.1) is 0 Å². The number of aromatic nitrogens is 2. The molecule has 0 saturated carbocycles. The molecular weight excluding hydrogens is 534 g/mol. The predicted molar refractivity (Wildman–Crippen MR) is 153 cm³/mol. The number of hydrogen-bond acceptors (Lipinski definition) is 8. The molecule has 208 valence electrons. The number of carbonyl (C=O) groups excluding carboxylic acids is 1. The molecule has 0 aliphatic carbocycles. The highest BCUT2D eigenvalue weighted by molar-refractivity contribution is 6.34. The van der Waals surface area contributed by atoms with E-state index in [0.29, 0.717) is 46.8 Å². The average Bonchev–Trinajstić information content (AvgIpc) is 3.21. The second-order valence-corrected chi connectivity index (χ2v) is 10.9. The van der Waals surface area contributed by atoms with Crippen LogP contribution in [0.3, 0.4) is 0 Å². The summed E-state index contributed by atoms with van der Waals surface area (Å²) in [4.78, 5) is 41.3. The Morgan fingerprint density at radius 1 is 1.18 bits per heavy atom. The van der Waals surface area contributed by atoms with Crippen molar-refractivity contribution in [3.05, 3.63) is 64.3 Å². The first-order chi connectivity index (χ1) is 19.2. The number of aliphatic hydroxyl groups excluding tert-OH is 1. The van der Waals surface area contributed by atoms with Crippen LogP contribution in [0.25, 0.3) is 0 Å². The van der Waals surface area contributed by atoms with Gasteiger partial charge >= 0.3 is 6.09 Å². The van der Waals surface area contributed by atoms with Crippen molar-refractivity contribution in [1.29, 1.82) is 0 Å². The number of piperazine rings is 1.